The maximum Gasteiger partial charge on any atom is 0.285 e. The number of pyridine rings is 1. The lowest BCUT2D eigenvalue weighted by molar-refractivity contribution is -0.385. The van der Waals surface area contributed by atoms with E-state index in [-0.39, 0.29) is 12.2 Å². The highest BCUT2D eigenvalue weighted by Crippen LogP contribution is 2.20. The van der Waals surface area contributed by atoms with E-state index in [2.05, 4.69) is 39.4 Å². The van der Waals surface area contributed by atoms with Gasteiger partial charge in [-0.2, -0.15) is 0 Å². The lowest BCUT2D eigenvalue weighted by atomic mass is 10.2. The smallest absolute Gasteiger partial charge is 0.285 e. The van der Waals surface area contributed by atoms with E-state index in [4.69, 9.17) is 0 Å². The number of nitrogens with zero attached hydrogens (tertiary/aromatic N) is 4. The number of hydrogen-bond donors (Lipinski definition) is 1. The Morgan fingerprint density at radius 2 is 1.64 bits per heavy atom. The third kappa shape index (κ3) is 5.83. The summed E-state index contributed by atoms with van der Waals surface area (Å²) in [5.74, 6) is -0.431. The van der Waals surface area contributed by atoms with Crippen molar-refractivity contribution in [3.8, 4) is 0 Å². The minimum absolute atomic E-state index is 0.240. The molecular weight excluding hydrogens is 422 g/mol. The lowest BCUT2D eigenvalue weighted by Crippen LogP contribution is -2.45. The molecule has 0 bridgehead atoms. The fraction of sp³-hybridized carbons (Fsp3) is 0.250. The summed E-state index contributed by atoms with van der Waals surface area (Å²) in [5.41, 5.74) is 2.29. The minimum atomic E-state index is -0.603. The number of nitrogens with one attached hydrogen (secondary N) is 1. The van der Waals surface area contributed by atoms with Gasteiger partial charge in [0.25, 0.3) is 11.2 Å². The Hall–Kier alpha value is -3.98. The Morgan fingerprint density at radius 3 is 2.30 bits per heavy atom. The van der Waals surface area contributed by atoms with Crippen LogP contribution in [0.2, 0.25) is 0 Å². The van der Waals surface area contributed by atoms with Crippen molar-refractivity contribution in [2.45, 2.75) is 13.1 Å². The molecule has 0 spiro atoms. The van der Waals surface area contributed by atoms with Crippen LogP contribution in [-0.2, 0) is 17.9 Å². The van der Waals surface area contributed by atoms with Crippen molar-refractivity contribution in [1.29, 1.82) is 0 Å². The maximum absolute atomic E-state index is 12.3. The molecule has 9 nitrogen and oxygen atoms in total. The number of anilines is 2. The van der Waals surface area contributed by atoms with Gasteiger partial charge in [-0.1, -0.05) is 30.3 Å². The van der Waals surface area contributed by atoms with E-state index in [0.29, 0.717) is 5.69 Å². The molecule has 33 heavy (non-hydrogen) atoms. The van der Waals surface area contributed by atoms with Crippen molar-refractivity contribution >= 4 is 23.0 Å². The fourth-order valence-corrected chi connectivity index (χ4v) is 3.87. The minimum Gasteiger partial charge on any atom is -0.369 e. The second-order valence-corrected chi connectivity index (χ2v) is 7.95. The highest BCUT2D eigenvalue weighted by molar-refractivity contribution is 5.90. The number of nitro groups is 1. The van der Waals surface area contributed by atoms with E-state index < -0.39 is 16.4 Å². The first-order valence-corrected chi connectivity index (χ1v) is 10.7. The van der Waals surface area contributed by atoms with Gasteiger partial charge in [0.15, 0.2) is 0 Å². The molecule has 1 amide bonds. The Kier molecular flexibility index (Phi) is 6.80. The maximum atomic E-state index is 12.3. The molecule has 0 saturated carbocycles. The molecule has 1 N–H and O–H groups in total. The third-order valence-electron chi connectivity index (χ3n) is 5.63. The van der Waals surface area contributed by atoms with E-state index in [1.54, 1.807) is 0 Å². The molecule has 0 radical (unpaired) electrons. The zero-order valence-electron chi connectivity index (χ0n) is 18.1. The summed E-state index contributed by atoms with van der Waals surface area (Å²) in [5, 5.41) is 13.6. The molecule has 9 heteroatoms. The molecule has 2 heterocycles. The first-order valence-electron chi connectivity index (χ1n) is 10.7. The summed E-state index contributed by atoms with van der Waals surface area (Å²) in [4.78, 5) is 39.2. The zero-order valence-corrected chi connectivity index (χ0v) is 18.1. The molecule has 1 aliphatic rings. The molecule has 3 aromatic rings. The SMILES string of the molecule is O=C(Cn1cc([N+](=O)[O-])ccc1=O)Nc1ccc(N2CCN(Cc3ccccc3)CC2)cc1. The first kappa shape index (κ1) is 22.2. The fourth-order valence-electron chi connectivity index (χ4n) is 3.87. The van der Waals surface area contributed by atoms with Crippen molar-refractivity contribution in [1.82, 2.24) is 9.47 Å². The number of carbonyl (C=O) groups excluding carboxylic acids is 1. The third-order valence-corrected chi connectivity index (χ3v) is 5.63. The Labute approximate surface area is 191 Å². The number of carbonyl (C=O) groups is 1. The van der Waals surface area contributed by atoms with Gasteiger partial charge < -0.3 is 10.2 Å². The molecule has 1 aliphatic heterocycles. The lowest BCUT2D eigenvalue weighted by Gasteiger charge is -2.36. The molecule has 0 aliphatic carbocycles. The topological polar surface area (TPSA) is 101 Å². The van der Waals surface area contributed by atoms with Crippen LogP contribution in [0, 0.1) is 10.1 Å². The van der Waals surface area contributed by atoms with E-state index in [9.17, 15) is 19.7 Å². The quantitative estimate of drug-likeness (QED) is 0.442. The largest absolute Gasteiger partial charge is 0.369 e. The van der Waals surface area contributed by atoms with E-state index in [1.165, 1.54) is 5.56 Å². The van der Waals surface area contributed by atoms with Gasteiger partial charge >= 0.3 is 0 Å². The average molecular weight is 447 g/mol. The van der Waals surface area contributed by atoms with Gasteiger partial charge in [0.05, 0.1) is 11.1 Å². The second kappa shape index (κ2) is 10.1. The van der Waals surface area contributed by atoms with Crippen LogP contribution in [0.1, 0.15) is 5.56 Å². The number of amides is 1. The highest BCUT2D eigenvalue weighted by Gasteiger charge is 2.17. The Balaban J connectivity index is 1.30. The monoisotopic (exact) mass is 447 g/mol. The summed E-state index contributed by atoms with van der Waals surface area (Å²) in [7, 11) is 0. The molecule has 1 fully saturated rings. The van der Waals surface area contributed by atoms with Crippen molar-refractivity contribution in [3.63, 3.8) is 0 Å². The molecule has 1 aromatic heterocycles. The van der Waals surface area contributed by atoms with Gasteiger partial charge in [0, 0.05) is 56.2 Å². The molecule has 2 aromatic carbocycles. The van der Waals surface area contributed by atoms with Gasteiger partial charge in [-0.3, -0.25) is 29.2 Å². The van der Waals surface area contributed by atoms with Gasteiger partial charge in [0.1, 0.15) is 6.54 Å². The van der Waals surface area contributed by atoms with Crippen molar-refractivity contribution in [2.75, 3.05) is 36.4 Å². The average Bonchev–Trinajstić information content (AvgIpc) is 2.82. The molecule has 0 unspecified atom stereocenters. The number of piperazine rings is 1. The molecule has 1 saturated heterocycles. The van der Waals surface area contributed by atoms with Crippen LogP contribution >= 0.6 is 0 Å². The van der Waals surface area contributed by atoms with Gasteiger partial charge in [-0.25, -0.2) is 0 Å². The van der Waals surface area contributed by atoms with E-state index in [0.717, 1.165) is 61.3 Å². The standard InChI is InChI=1S/C24H25N5O4/c30-23(18-28-17-22(29(32)33)10-11-24(28)31)25-20-6-8-21(9-7-20)27-14-12-26(13-15-27)16-19-4-2-1-3-5-19/h1-11,17H,12-16,18H2,(H,25,30). The van der Waals surface area contributed by atoms with Crippen molar-refractivity contribution < 1.29 is 9.72 Å². The number of benzene rings is 2. The number of rotatable bonds is 7. The zero-order chi connectivity index (χ0) is 23.2. The number of hydrogen-bond acceptors (Lipinski definition) is 6. The van der Waals surface area contributed by atoms with Crippen LogP contribution in [0.25, 0.3) is 0 Å². The Bertz CT molecular complexity index is 1170. The van der Waals surface area contributed by atoms with Gasteiger partial charge in [-0.15, -0.1) is 0 Å². The predicted molar refractivity (Wildman–Crippen MR) is 126 cm³/mol. The predicted octanol–water partition coefficient (Wildman–Crippen LogP) is 2.72. The van der Waals surface area contributed by atoms with Crippen LogP contribution < -0.4 is 15.8 Å². The van der Waals surface area contributed by atoms with Crippen LogP contribution in [0.4, 0.5) is 17.1 Å². The van der Waals surface area contributed by atoms with Crippen molar-refractivity contribution in [3.05, 3.63) is 99.0 Å². The highest BCUT2D eigenvalue weighted by atomic mass is 16.6. The van der Waals surface area contributed by atoms with E-state index in [1.807, 2.05) is 30.3 Å². The summed E-state index contributed by atoms with van der Waals surface area (Å²) >= 11 is 0. The summed E-state index contributed by atoms with van der Waals surface area (Å²) in [6.07, 6.45) is 1.07. The molecule has 170 valence electrons. The molecule has 0 atom stereocenters. The summed E-state index contributed by atoms with van der Waals surface area (Å²) in [6.45, 7) is 4.46. The second-order valence-electron chi connectivity index (χ2n) is 7.95. The molecule has 4 rings (SSSR count). The summed E-state index contributed by atoms with van der Waals surface area (Å²) < 4.78 is 1.02. The van der Waals surface area contributed by atoms with Gasteiger partial charge in [0.2, 0.25) is 5.91 Å². The van der Waals surface area contributed by atoms with Crippen LogP contribution in [0.15, 0.2) is 77.7 Å². The van der Waals surface area contributed by atoms with Crippen LogP contribution in [0.3, 0.4) is 0 Å². The molecular formula is C24H25N5O4. The van der Waals surface area contributed by atoms with Gasteiger partial charge in [-0.05, 0) is 29.8 Å². The Morgan fingerprint density at radius 1 is 0.939 bits per heavy atom. The van der Waals surface area contributed by atoms with Crippen LogP contribution in [-0.4, -0.2) is 46.5 Å². The summed E-state index contributed by atoms with van der Waals surface area (Å²) in [6, 6.07) is 20.2. The van der Waals surface area contributed by atoms with Crippen molar-refractivity contribution in [2.24, 2.45) is 0 Å². The normalized spacial score (nSPS) is 14.1. The number of aromatic nitrogens is 1. The first-order chi connectivity index (χ1) is 16.0. The van der Waals surface area contributed by atoms with Crippen LogP contribution in [0.5, 0.6) is 0 Å². The van der Waals surface area contributed by atoms with E-state index >= 15 is 0 Å².